The lowest BCUT2D eigenvalue weighted by Gasteiger charge is -2.36. The average Bonchev–Trinajstić information content (AvgIpc) is 2.58. The molecule has 0 aromatic heterocycles. The molecule has 2 fully saturated rings. The van der Waals surface area contributed by atoms with Crippen molar-refractivity contribution in [2.24, 2.45) is 11.7 Å². The number of nitrogens with zero attached hydrogens (tertiary/aromatic N) is 1. The van der Waals surface area contributed by atoms with Crippen LogP contribution in [-0.4, -0.2) is 36.0 Å². The molecular formula is C20H30N2O2. The molecule has 1 saturated carbocycles. The second-order valence-electron chi connectivity index (χ2n) is 7.51. The molecule has 132 valence electrons. The fourth-order valence-corrected chi connectivity index (χ4v) is 3.88. The first-order chi connectivity index (χ1) is 11.5. The van der Waals surface area contributed by atoms with Crippen molar-refractivity contribution in [3.8, 4) is 5.75 Å². The molecule has 0 spiro atoms. The molecule has 2 atom stereocenters. The van der Waals surface area contributed by atoms with Gasteiger partial charge in [0.1, 0.15) is 11.9 Å². The maximum Gasteiger partial charge on any atom is 0.225 e. The monoisotopic (exact) mass is 330 g/mol. The van der Waals surface area contributed by atoms with Gasteiger partial charge in [0.25, 0.3) is 0 Å². The summed E-state index contributed by atoms with van der Waals surface area (Å²) in [6, 6.07) is 6.47. The number of rotatable bonds is 3. The molecule has 1 heterocycles. The molecule has 4 nitrogen and oxygen atoms in total. The zero-order valence-corrected chi connectivity index (χ0v) is 15.0. The summed E-state index contributed by atoms with van der Waals surface area (Å²) in [5.74, 6) is 1.40. The van der Waals surface area contributed by atoms with Crippen molar-refractivity contribution in [2.75, 3.05) is 13.1 Å². The number of hydrogen-bond acceptors (Lipinski definition) is 3. The molecule has 0 unspecified atom stereocenters. The maximum absolute atomic E-state index is 12.7. The normalized spacial score (nSPS) is 25.5. The quantitative estimate of drug-likeness (QED) is 0.926. The van der Waals surface area contributed by atoms with Crippen LogP contribution in [0.3, 0.4) is 0 Å². The molecule has 2 aliphatic rings. The van der Waals surface area contributed by atoms with E-state index in [0.717, 1.165) is 57.4 Å². The van der Waals surface area contributed by atoms with Gasteiger partial charge in [0.15, 0.2) is 0 Å². The predicted octanol–water partition coefficient (Wildman–Crippen LogP) is 3.19. The predicted molar refractivity (Wildman–Crippen MR) is 96.1 cm³/mol. The highest BCUT2D eigenvalue weighted by atomic mass is 16.5. The second kappa shape index (κ2) is 7.56. The molecule has 0 radical (unpaired) electrons. The van der Waals surface area contributed by atoms with Crippen molar-refractivity contribution in [3.05, 3.63) is 29.3 Å². The minimum atomic E-state index is 0.144. The van der Waals surface area contributed by atoms with E-state index in [9.17, 15) is 4.79 Å². The summed E-state index contributed by atoms with van der Waals surface area (Å²) in [4.78, 5) is 14.7. The Morgan fingerprint density at radius 1 is 1.12 bits per heavy atom. The Morgan fingerprint density at radius 3 is 2.54 bits per heavy atom. The van der Waals surface area contributed by atoms with E-state index in [4.69, 9.17) is 10.5 Å². The Kier molecular flexibility index (Phi) is 5.44. The number of carbonyl (C=O) groups excluding carboxylic acids is 1. The minimum Gasteiger partial charge on any atom is -0.490 e. The molecule has 1 amide bonds. The molecule has 1 saturated heterocycles. The Bertz CT molecular complexity index is 579. The summed E-state index contributed by atoms with van der Waals surface area (Å²) >= 11 is 0. The number of hydrogen-bond donors (Lipinski definition) is 1. The summed E-state index contributed by atoms with van der Waals surface area (Å²) in [6.45, 7) is 5.83. The maximum atomic E-state index is 12.7. The average molecular weight is 330 g/mol. The van der Waals surface area contributed by atoms with Gasteiger partial charge in [-0.1, -0.05) is 12.5 Å². The van der Waals surface area contributed by atoms with Crippen LogP contribution in [0.15, 0.2) is 18.2 Å². The third kappa shape index (κ3) is 4.10. The van der Waals surface area contributed by atoms with E-state index < -0.39 is 0 Å². The van der Waals surface area contributed by atoms with Crippen molar-refractivity contribution in [2.45, 2.75) is 64.5 Å². The molecule has 1 aliphatic heterocycles. The molecule has 1 aliphatic carbocycles. The van der Waals surface area contributed by atoms with Crippen molar-refractivity contribution in [1.82, 2.24) is 4.90 Å². The van der Waals surface area contributed by atoms with Gasteiger partial charge in [0.05, 0.1) is 0 Å². The SMILES string of the molecule is Cc1ccc(OC2CCN(C(=O)[C@H]3CCC[C@H](N)C3)CC2)cc1C. The van der Waals surface area contributed by atoms with Crippen molar-refractivity contribution >= 4 is 5.91 Å². The molecule has 1 aromatic rings. The zero-order valence-electron chi connectivity index (χ0n) is 15.0. The van der Waals surface area contributed by atoms with E-state index in [1.54, 1.807) is 0 Å². The van der Waals surface area contributed by atoms with Crippen LogP contribution in [0.5, 0.6) is 5.75 Å². The van der Waals surface area contributed by atoms with Gasteiger partial charge < -0.3 is 15.4 Å². The number of ether oxygens (including phenoxy) is 1. The van der Waals surface area contributed by atoms with Crippen molar-refractivity contribution in [3.63, 3.8) is 0 Å². The summed E-state index contributed by atoms with van der Waals surface area (Å²) in [6.07, 6.45) is 6.06. The van der Waals surface area contributed by atoms with E-state index >= 15 is 0 Å². The highest BCUT2D eigenvalue weighted by Gasteiger charge is 2.31. The zero-order chi connectivity index (χ0) is 17.1. The van der Waals surface area contributed by atoms with Gasteiger partial charge in [-0.15, -0.1) is 0 Å². The number of piperidine rings is 1. The standard InChI is InChI=1S/C20H30N2O2/c1-14-6-7-19(12-15(14)2)24-18-8-10-22(11-9-18)20(23)16-4-3-5-17(21)13-16/h6-7,12,16-18H,3-5,8-11,13,21H2,1-2H3/t16-,17-/m0/s1. The number of carbonyl (C=O) groups is 1. The molecule has 3 rings (SSSR count). The van der Waals surface area contributed by atoms with Crippen molar-refractivity contribution in [1.29, 1.82) is 0 Å². The van der Waals surface area contributed by atoms with Crippen LogP contribution in [-0.2, 0) is 4.79 Å². The number of benzene rings is 1. The first-order valence-electron chi connectivity index (χ1n) is 9.31. The summed E-state index contributed by atoms with van der Waals surface area (Å²) < 4.78 is 6.12. The smallest absolute Gasteiger partial charge is 0.225 e. The van der Waals surface area contributed by atoms with Crippen molar-refractivity contribution < 1.29 is 9.53 Å². The molecular weight excluding hydrogens is 300 g/mol. The third-order valence-electron chi connectivity index (χ3n) is 5.60. The van der Waals surface area contributed by atoms with Crippen LogP contribution in [0.4, 0.5) is 0 Å². The second-order valence-corrected chi connectivity index (χ2v) is 7.51. The third-order valence-corrected chi connectivity index (χ3v) is 5.60. The minimum absolute atomic E-state index is 0.144. The highest BCUT2D eigenvalue weighted by molar-refractivity contribution is 5.79. The molecule has 1 aromatic carbocycles. The molecule has 2 N–H and O–H groups in total. The summed E-state index contributed by atoms with van der Waals surface area (Å²) in [7, 11) is 0. The van der Waals surface area contributed by atoms with Gasteiger partial charge in [0, 0.05) is 37.9 Å². The molecule has 24 heavy (non-hydrogen) atoms. The largest absolute Gasteiger partial charge is 0.490 e. The van der Waals surface area contributed by atoms with E-state index in [1.807, 2.05) is 11.0 Å². The van der Waals surface area contributed by atoms with E-state index in [-0.39, 0.29) is 18.1 Å². The van der Waals surface area contributed by atoms with Gasteiger partial charge in [-0.25, -0.2) is 0 Å². The van der Waals surface area contributed by atoms with Gasteiger partial charge in [-0.2, -0.15) is 0 Å². The van der Waals surface area contributed by atoms with E-state index in [2.05, 4.69) is 26.0 Å². The lowest BCUT2D eigenvalue weighted by atomic mass is 9.85. The van der Waals surface area contributed by atoms with Gasteiger partial charge >= 0.3 is 0 Å². The lowest BCUT2D eigenvalue weighted by molar-refractivity contribution is -0.138. The van der Waals surface area contributed by atoms with Crippen LogP contribution in [0.1, 0.15) is 49.7 Å². The number of nitrogens with two attached hydrogens (primary N) is 1. The Labute approximate surface area is 145 Å². The first kappa shape index (κ1) is 17.3. The Balaban J connectivity index is 1.50. The molecule has 4 heteroatoms. The highest BCUT2D eigenvalue weighted by Crippen LogP contribution is 2.27. The topological polar surface area (TPSA) is 55.6 Å². The van der Waals surface area contributed by atoms with Crippen LogP contribution in [0.2, 0.25) is 0 Å². The van der Waals surface area contributed by atoms with E-state index in [1.165, 1.54) is 11.1 Å². The van der Waals surface area contributed by atoms with Crippen LogP contribution in [0.25, 0.3) is 0 Å². The van der Waals surface area contributed by atoms with Gasteiger partial charge in [0.2, 0.25) is 5.91 Å². The number of aryl methyl sites for hydroxylation is 2. The van der Waals surface area contributed by atoms with Gasteiger partial charge in [-0.3, -0.25) is 4.79 Å². The van der Waals surface area contributed by atoms with E-state index in [0.29, 0.717) is 5.91 Å². The first-order valence-corrected chi connectivity index (χ1v) is 9.31. The molecule has 0 bridgehead atoms. The Morgan fingerprint density at radius 2 is 1.88 bits per heavy atom. The van der Waals surface area contributed by atoms with Crippen LogP contribution >= 0.6 is 0 Å². The number of amides is 1. The van der Waals surface area contributed by atoms with Gasteiger partial charge in [-0.05, 0) is 56.4 Å². The fourth-order valence-electron chi connectivity index (χ4n) is 3.88. The number of likely N-dealkylation sites (tertiary alicyclic amines) is 1. The summed E-state index contributed by atoms with van der Waals surface area (Å²) in [5.41, 5.74) is 8.58. The lowest BCUT2D eigenvalue weighted by Crippen LogP contribution is -2.46. The van der Waals surface area contributed by atoms with Crippen LogP contribution < -0.4 is 10.5 Å². The Hall–Kier alpha value is -1.55. The van der Waals surface area contributed by atoms with Crippen LogP contribution in [0, 0.1) is 19.8 Å². The fraction of sp³-hybridized carbons (Fsp3) is 0.650. The summed E-state index contributed by atoms with van der Waals surface area (Å²) in [5, 5.41) is 0.